The lowest BCUT2D eigenvalue weighted by Crippen LogP contribution is -2.48. The molecule has 1 aliphatic heterocycles. The van der Waals surface area contributed by atoms with Crippen molar-refractivity contribution in [1.29, 1.82) is 0 Å². The Morgan fingerprint density at radius 3 is 2.81 bits per heavy atom. The summed E-state index contributed by atoms with van der Waals surface area (Å²) in [5.74, 6) is 0.274. The molecule has 1 amide bonds. The minimum absolute atomic E-state index is 0.0257. The lowest BCUT2D eigenvalue weighted by molar-refractivity contribution is -0.131. The van der Waals surface area contributed by atoms with Gasteiger partial charge in [0, 0.05) is 50.7 Å². The number of piperazine rings is 1. The van der Waals surface area contributed by atoms with Gasteiger partial charge in [-0.15, -0.1) is 11.3 Å². The Bertz CT molecular complexity index is 450. The van der Waals surface area contributed by atoms with Crippen LogP contribution in [0.3, 0.4) is 0 Å². The maximum atomic E-state index is 12.2. The number of hydrogen-bond donors (Lipinski definition) is 2. The van der Waals surface area contributed by atoms with Gasteiger partial charge in [0.05, 0.1) is 5.54 Å². The zero-order valence-corrected chi connectivity index (χ0v) is 13.3. The predicted molar refractivity (Wildman–Crippen MR) is 84.3 cm³/mol. The van der Waals surface area contributed by atoms with E-state index in [2.05, 4.69) is 15.6 Å². The number of hydrogen-bond acceptors (Lipinski definition) is 5. The van der Waals surface area contributed by atoms with Gasteiger partial charge in [-0.25, -0.2) is 4.98 Å². The van der Waals surface area contributed by atoms with E-state index in [1.165, 1.54) is 17.8 Å². The molecule has 116 valence electrons. The van der Waals surface area contributed by atoms with Crippen LogP contribution in [0.25, 0.3) is 0 Å². The highest BCUT2D eigenvalue weighted by Crippen LogP contribution is 2.39. The molecule has 2 heterocycles. The van der Waals surface area contributed by atoms with Crippen LogP contribution in [0, 0.1) is 0 Å². The van der Waals surface area contributed by atoms with Crippen LogP contribution in [-0.2, 0) is 10.3 Å². The van der Waals surface area contributed by atoms with Crippen molar-refractivity contribution in [1.82, 2.24) is 20.5 Å². The van der Waals surface area contributed by atoms with Gasteiger partial charge >= 0.3 is 0 Å². The van der Waals surface area contributed by atoms with Gasteiger partial charge in [0.1, 0.15) is 5.01 Å². The smallest absolute Gasteiger partial charge is 0.223 e. The van der Waals surface area contributed by atoms with E-state index >= 15 is 0 Å². The molecule has 1 saturated heterocycles. The number of rotatable bonds is 5. The molecule has 0 spiro atoms. The summed E-state index contributed by atoms with van der Waals surface area (Å²) >= 11 is 1.73. The fraction of sp³-hybridized carbons (Fsp3) is 0.733. The van der Waals surface area contributed by atoms with Crippen molar-refractivity contribution < 1.29 is 4.79 Å². The molecule has 0 bridgehead atoms. The lowest BCUT2D eigenvalue weighted by atomic mass is 9.98. The number of nitrogens with one attached hydrogen (secondary N) is 2. The van der Waals surface area contributed by atoms with Crippen molar-refractivity contribution in [2.75, 3.05) is 32.7 Å². The van der Waals surface area contributed by atoms with E-state index in [0.29, 0.717) is 6.42 Å². The van der Waals surface area contributed by atoms with Crippen molar-refractivity contribution in [2.45, 2.75) is 37.6 Å². The van der Waals surface area contributed by atoms with Crippen molar-refractivity contribution in [3.63, 3.8) is 0 Å². The number of carbonyl (C=O) groups is 1. The summed E-state index contributed by atoms with van der Waals surface area (Å²) in [4.78, 5) is 18.7. The molecule has 2 aliphatic rings. The molecule has 21 heavy (non-hydrogen) atoms. The zero-order valence-electron chi connectivity index (χ0n) is 12.4. The fourth-order valence-corrected chi connectivity index (χ4v) is 4.26. The van der Waals surface area contributed by atoms with Gasteiger partial charge in [-0.05, 0) is 12.8 Å². The van der Waals surface area contributed by atoms with E-state index in [0.717, 1.165) is 45.6 Å². The van der Waals surface area contributed by atoms with Crippen molar-refractivity contribution >= 4 is 17.2 Å². The summed E-state index contributed by atoms with van der Waals surface area (Å²) in [5, 5.41) is 10.2. The monoisotopic (exact) mass is 308 g/mol. The number of amides is 1. The average molecular weight is 308 g/mol. The molecule has 6 heteroatoms. The van der Waals surface area contributed by atoms with Gasteiger partial charge < -0.3 is 15.5 Å². The Kier molecular flexibility index (Phi) is 4.87. The first kappa shape index (κ1) is 14.9. The fourth-order valence-electron chi connectivity index (χ4n) is 3.39. The average Bonchev–Trinajstić information content (AvgIpc) is 3.20. The van der Waals surface area contributed by atoms with Crippen LogP contribution >= 0.6 is 11.3 Å². The molecular weight excluding hydrogens is 284 g/mol. The van der Waals surface area contributed by atoms with Gasteiger partial charge in [-0.1, -0.05) is 12.8 Å². The molecule has 1 saturated carbocycles. The van der Waals surface area contributed by atoms with E-state index in [-0.39, 0.29) is 11.4 Å². The van der Waals surface area contributed by atoms with Gasteiger partial charge in [0.2, 0.25) is 5.91 Å². The van der Waals surface area contributed by atoms with Gasteiger partial charge in [-0.3, -0.25) is 4.79 Å². The second kappa shape index (κ2) is 6.85. The first-order valence-corrected chi connectivity index (χ1v) is 8.82. The molecule has 3 rings (SSSR count). The first-order chi connectivity index (χ1) is 10.3. The van der Waals surface area contributed by atoms with Gasteiger partial charge in [-0.2, -0.15) is 0 Å². The minimum atomic E-state index is 0.0257. The third-order valence-electron chi connectivity index (χ3n) is 4.57. The second-order valence-electron chi connectivity index (χ2n) is 5.93. The number of carbonyl (C=O) groups excluding carboxylic acids is 1. The SMILES string of the molecule is O=C(CCNC1(c2nccs2)CCCC1)N1CCNCC1. The third kappa shape index (κ3) is 3.44. The summed E-state index contributed by atoms with van der Waals surface area (Å²) in [6, 6.07) is 0. The third-order valence-corrected chi connectivity index (χ3v) is 5.55. The van der Waals surface area contributed by atoms with Crippen molar-refractivity contribution in [3.05, 3.63) is 16.6 Å². The van der Waals surface area contributed by atoms with Crippen molar-refractivity contribution in [3.8, 4) is 0 Å². The quantitative estimate of drug-likeness (QED) is 0.861. The van der Waals surface area contributed by atoms with Crippen LogP contribution in [0.2, 0.25) is 0 Å². The molecule has 1 aliphatic carbocycles. The normalized spacial score (nSPS) is 21.6. The summed E-state index contributed by atoms with van der Waals surface area (Å²) in [7, 11) is 0. The number of aromatic nitrogens is 1. The molecule has 0 unspecified atom stereocenters. The van der Waals surface area contributed by atoms with E-state index in [9.17, 15) is 4.79 Å². The molecule has 2 N–H and O–H groups in total. The molecule has 0 radical (unpaired) electrons. The zero-order chi connectivity index (χ0) is 14.5. The predicted octanol–water partition coefficient (Wildman–Crippen LogP) is 1.32. The topological polar surface area (TPSA) is 57.3 Å². The Morgan fingerprint density at radius 1 is 1.38 bits per heavy atom. The minimum Gasteiger partial charge on any atom is -0.340 e. The molecule has 0 atom stereocenters. The van der Waals surface area contributed by atoms with E-state index in [4.69, 9.17) is 0 Å². The summed E-state index contributed by atoms with van der Waals surface area (Å²) in [6.45, 7) is 4.28. The molecular formula is C15H24N4OS. The van der Waals surface area contributed by atoms with Crippen molar-refractivity contribution in [2.24, 2.45) is 0 Å². The molecule has 5 nitrogen and oxygen atoms in total. The second-order valence-corrected chi connectivity index (χ2v) is 6.83. The van der Waals surface area contributed by atoms with Crippen LogP contribution in [0.1, 0.15) is 37.1 Å². The van der Waals surface area contributed by atoms with Crippen LogP contribution < -0.4 is 10.6 Å². The number of thiazole rings is 1. The maximum absolute atomic E-state index is 12.2. The highest BCUT2D eigenvalue weighted by Gasteiger charge is 2.37. The Labute approximate surface area is 130 Å². The first-order valence-electron chi connectivity index (χ1n) is 7.94. The van der Waals surface area contributed by atoms with Crippen LogP contribution in [0.15, 0.2) is 11.6 Å². The highest BCUT2D eigenvalue weighted by atomic mass is 32.1. The Morgan fingerprint density at radius 2 is 2.14 bits per heavy atom. The van der Waals surface area contributed by atoms with E-state index in [1.54, 1.807) is 11.3 Å². The Hall–Kier alpha value is -0.980. The maximum Gasteiger partial charge on any atom is 0.223 e. The molecule has 0 aromatic carbocycles. The molecule has 2 fully saturated rings. The lowest BCUT2D eigenvalue weighted by Gasteiger charge is -2.30. The molecule has 1 aromatic rings. The van der Waals surface area contributed by atoms with Gasteiger partial charge in [0.15, 0.2) is 0 Å². The van der Waals surface area contributed by atoms with Crippen LogP contribution in [-0.4, -0.2) is 48.5 Å². The summed E-state index contributed by atoms with van der Waals surface area (Å²) in [5.41, 5.74) is 0.0257. The summed E-state index contributed by atoms with van der Waals surface area (Å²) in [6.07, 6.45) is 7.25. The van der Waals surface area contributed by atoms with Crippen LogP contribution in [0.4, 0.5) is 0 Å². The number of nitrogens with zero attached hydrogens (tertiary/aromatic N) is 2. The Balaban J connectivity index is 1.52. The largest absolute Gasteiger partial charge is 0.340 e. The highest BCUT2D eigenvalue weighted by molar-refractivity contribution is 7.09. The van der Waals surface area contributed by atoms with Gasteiger partial charge in [0.25, 0.3) is 0 Å². The molecule has 1 aromatic heterocycles. The summed E-state index contributed by atoms with van der Waals surface area (Å²) < 4.78 is 0. The standard InChI is InChI=1S/C15H24N4OS/c20-13(19-10-7-16-8-11-19)3-6-18-15(4-1-2-5-15)14-17-9-12-21-14/h9,12,16,18H,1-8,10-11H2. The van der Waals surface area contributed by atoms with E-state index < -0.39 is 0 Å². The van der Waals surface area contributed by atoms with E-state index in [1.807, 2.05) is 16.5 Å². The van der Waals surface area contributed by atoms with Crippen LogP contribution in [0.5, 0.6) is 0 Å².